The lowest BCUT2D eigenvalue weighted by Crippen LogP contribution is -2.16. The van der Waals surface area contributed by atoms with Gasteiger partial charge in [-0.15, -0.1) is 0 Å². The van der Waals surface area contributed by atoms with E-state index in [-0.39, 0.29) is 21.2 Å². The van der Waals surface area contributed by atoms with E-state index >= 15 is 0 Å². The molecule has 0 fully saturated rings. The third kappa shape index (κ3) is 2.44. The molecule has 2 N–H and O–H groups in total. The van der Waals surface area contributed by atoms with E-state index in [0.717, 1.165) is 16.8 Å². The van der Waals surface area contributed by atoms with Gasteiger partial charge in [0.2, 0.25) is 0 Å². The average molecular weight is 303 g/mol. The molecule has 2 aromatic rings. The van der Waals surface area contributed by atoms with Crippen LogP contribution in [0, 0.1) is 13.8 Å². The molecule has 0 aliphatic rings. The quantitative estimate of drug-likeness (QED) is 0.826. The topological polar surface area (TPSA) is 92.2 Å². The highest BCUT2D eigenvalue weighted by Crippen LogP contribution is 2.23. The zero-order valence-corrected chi connectivity index (χ0v) is 11.7. The van der Waals surface area contributed by atoms with Crippen LogP contribution >= 0.6 is 11.6 Å². The molecule has 1 aromatic heterocycles. The van der Waals surface area contributed by atoms with Gasteiger partial charge in [-0.2, -0.15) is 8.42 Å². The van der Waals surface area contributed by atoms with Crippen LogP contribution in [0.15, 0.2) is 27.9 Å². The third-order valence-electron chi connectivity index (χ3n) is 2.82. The van der Waals surface area contributed by atoms with Crippen LogP contribution in [-0.2, 0) is 10.1 Å². The molecule has 6 nitrogen and oxygen atoms in total. The Morgan fingerprint density at radius 3 is 2.42 bits per heavy atom. The molecule has 1 heterocycles. The summed E-state index contributed by atoms with van der Waals surface area (Å²) in [5.74, 6) is 0. The fraction of sp³-hybridized carbons (Fsp3) is 0.182. The van der Waals surface area contributed by atoms with Gasteiger partial charge in [0.1, 0.15) is 0 Å². The lowest BCUT2D eigenvalue weighted by atomic mass is 10.3. The highest BCUT2D eigenvalue weighted by molar-refractivity contribution is 7.85. The molecule has 0 saturated carbocycles. The summed E-state index contributed by atoms with van der Waals surface area (Å²) in [5.41, 5.74) is 0.997. The number of hydrogen-bond donors (Lipinski definition) is 2. The van der Waals surface area contributed by atoms with Gasteiger partial charge in [0, 0.05) is 11.3 Å². The highest BCUT2D eigenvalue weighted by atomic mass is 35.5. The molecule has 1 aromatic carbocycles. The first-order chi connectivity index (χ1) is 8.71. The average Bonchev–Trinajstić information content (AvgIpc) is 2.56. The second-order valence-corrected chi connectivity index (χ2v) is 5.92. The molecule has 0 bridgehead atoms. The van der Waals surface area contributed by atoms with Crippen LogP contribution < -0.4 is 5.56 Å². The molecule has 2 rings (SSSR count). The Labute approximate surface area is 114 Å². The minimum atomic E-state index is -4.35. The van der Waals surface area contributed by atoms with Crippen LogP contribution in [0.4, 0.5) is 0 Å². The molecular weight excluding hydrogens is 292 g/mol. The van der Waals surface area contributed by atoms with Crippen LogP contribution in [0.2, 0.25) is 5.02 Å². The summed E-state index contributed by atoms with van der Waals surface area (Å²) in [6.45, 7) is 3.36. The van der Waals surface area contributed by atoms with Crippen LogP contribution in [0.5, 0.6) is 0 Å². The summed E-state index contributed by atoms with van der Waals surface area (Å²) < 4.78 is 32.4. The Morgan fingerprint density at radius 1 is 1.32 bits per heavy atom. The first-order valence-corrected chi connectivity index (χ1v) is 7.09. The van der Waals surface area contributed by atoms with Crippen molar-refractivity contribution in [3.8, 4) is 5.69 Å². The van der Waals surface area contributed by atoms with Crippen molar-refractivity contribution in [3.05, 3.63) is 44.8 Å². The highest BCUT2D eigenvalue weighted by Gasteiger charge is 2.16. The third-order valence-corrected chi connectivity index (χ3v) is 3.99. The number of aromatic amines is 1. The molecule has 102 valence electrons. The lowest BCUT2D eigenvalue weighted by molar-refractivity contribution is 0.483. The second kappa shape index (κ2) is 4.52. The van der Waals surface area contributed by atoms with Crippen LogP contribution in [0.1, 0.15) is 11.3 Å². The van der Waals surface area contributed by atoms with Gasteiger partial charge in [-0.05, 0) is 32.0 Å². The van der Waals surface area contributed by atoms with E-state index in [9.17, 15) is 13.2 Å². The molecule has 0 aliphatic heterocycles. The molecule has 0 amide bonds. The van der Waals surface area contributed by atoms with Gasteiger partial charge in [0.25, 0.3) is 15.7 Å². The number of hydrogen-bond acceptors (Lipinski definition) is 3. The van der Waals surface area contributed by atoms with Crippen molar-refractivity contribution in [2.24, 2.45) is 0 Å². The summed E-state index contributed by atoms with van der Waals surface area (Å²) in [7, 11) is -4.35. The number of aromatic nitrogens is 2. The van der Waals surface area contributed by atoms with E-state index in [2.05, 4.69) is 5.10 Å². The molecular formula is C11H11ClN2O4S. The Balaban J connectivity index is 2.75. The molecule has 0 saturated heterocycles. The van der Waals surface area contributed by atoms with E-state index in [1.165, 1.54) is 6.07 Å². The summed E-state index contributed by atoms with van der Waals surface area (Å²) in [6.07, 6.45) is 0. The number of halogens is 1. The minimum absolute atomic E-state index is 0.165. The Hall–Kier alpha value is -1.57. The maximum atomic E-state index is 12.0. The minimum Gasteiger partial charge on any atom is -0.295 e. The Bertz CT molecular complexity index is 805. The maximum Gasteiger partial charge on any atom is 0.294 e. The number of H-pyrrole nitrogens is 1. The summed E-state index contributed by atoms with van der Waals surface area (Å²) in [5, 5.41) is 2.98. The van der Waals surface area contributed by atoms with Crippen molar-refractivity contribution in [2.45, 2.75) is 18.7 Å². The SMILES string of the molecule is Cc1[nH]n(-c2cc(S(=O)(=O)O)ccc2Cl)c(=O)c1C. The largest absolute Gasteiger partial charge is 0.295 e. The Morgan fingerprint density at radius 2 is 1.95 bits per heavy atom. The zero-order valence-electron chi connectivity index (χ0n) is 10.1. The number of nitrogens with one attached hydrogen (secondary N) is 1. The van der Waals surface area contributed by atoms with E-state index in [1.807, 2.05) is 0 Å². The smallest absolute Gasteiger partial charge is 0.294 e. The number of nitrogens with zero attached hydrogens (tertiary/aromatic N) is 1. The van der Waals surface area contributed by atoms with E-state index < -0.39 is 10.1 Å². The van der Waals surface area contributed by atoms with Gasteiger partial charge in [-0.25, -0.2) is 4.68 Å². The van der Waals surface area contributed by atoms with Gasteiger partial charge >= 0.3 is 0 Å². The zero-order chi connectivity index (χ0) is 14.4. The summed E-state index contributed by atoms with van der Waals surface area (Å²) >= 11 is 5.96. The number of aryl methyl sites for hydroxylation is 1. The molecule has 0 atom stereocenters. The molecule has 0 unspecified atom stereocenters. The molecule has 0 aliphatic carbocycles. The maximum absolute atomic E-state index is 12.0. The van der Waals surface area contributed by atoms with Gasteiger partial charge < -0.3 is 0 Å². The standard InChI is InChI=1S/C11H11ClN2O4S/c1-6-7(2)13-14(11(6)15)10-5-8(19(16,17)18)3-4-9(10)12/h3-5,13H,1-2H3,(H,16,17,18). The van der Waals surface area contributed by atoms with Gasteiger partial charge in [-0.3, -0.25) is 14.4 Å². The predicted octanol–water partition coefficient (Wildman–Crippen LogP) is 1.68. The van der Waals surface area contributed by atoms with Crippen molar-refractivity contribution in [2.75, 3.05) is 0 Å². The predicted molar refractivity (Wildman–Crippen MR) is 70.7 cm³/mol. The number of rotatable bonds is 2. The van der Waals surface area contributed by atoms with Gasteiger partial charge in [0.15, 0.2) is 0 Å². The summed E-state index contributed by atoms with van der Waals surface area (Å²) in [4.78, 5) is 11.6. The van der Waals surface area contributed by atoms with Crippen molar-refractivity contribution in [1.29, 1.82) is 0 Å². The van der Waals surface area contributed by atoms with E-state index in [4.69, 9.17) is 16.2 Å². The second-order valence-electron chi connectivity index (χ2n) is 4.09. The van der Waals surface area contributed by atoms with Crippen LogP contribution in [-0.4, -0.2) is 22.8 Å². The normalized spacial score (nSPS) is 11.8. The van der Waals surface area contributed by atoms with E-state index in [1.54, 1.807) is 13.8 Å². The van der Waals surface area contributed by atoms with Crippen molar-refractivity contribution >= 4 is 21.7 Å². The molecule has 8 heteroatoms. The van der Waals surface area contributed by atoms with Gasteiger partial charge in [0.05, 0.1) is 15.6 Å². The fourth-order valence-electron chi connectivity index (χ4n) is 1.62. The Kier molecular flexibility index (Phi) is 3.29. The van der Waals surface area contributed by atoms with E-state index in [0.29, 0.717) is 11.3 Å². The monoisotopic (exact) mass is 302 g/mol. The molecule has 19 heavy (non-hydrogen) atoms. The summed E-state index contributed by atoms with van der Waals surface area (Å²) in [6, 6.07) is 3.60. The lowest BCUT2D eigenvalue weighted by Gasteiger charge is -2.06. The fourth-order valence-corrected chi connectivity index (χ4v) is 2.33. The van der Waals surface area contributed by atoms with Gasteiger partial charge in [-0.1, -0.05) is 11.6 Å². The van der Waals surface area contributed by atoms with Crippen LogP contribution in [0.25, 0.3) is 5.69 Å². The first kappa shape index (κ1) is 13.9. The van der Waals surface area contributed by atoms with Crippen molar-refractivity contribution in [1.82, 2.24) is 9.78 Å². The first-order valence-electron chi connectivity index (χ1n) is 5.27. The van der Waals surface area contributed by atoms with Crippen molar-refractivity contribution < 1.29 is 13.0 Å². The van der Waals surface area contributed by atoms with Crippen molar-refractivity contribution in [3.63, 3.8) is 0 Å². The molecule has 0 radical (unpaired) electrons. The number of benzene rings is 1. The molecule has 0 spiro atoms. The van der Waals surface area contributed by atoms with Crippen LogP contribution in [0.3, 0.4) is 0 Å².